The van der Waals surface area contributed by atoms with E-state index >= 15 is 0 Å². The average molecular weight is 417 g/mol. The van der Waals surface area contributed by atoms with Crippen molar-refractivity contribution in [2.24, 2.45) is 0 Å². The minimum absolute atomic E-state index is 0.0223. The molecule has 0 unspecified atom stereocenters. The van der Waals surface area contributed by atoms with Crippen LogP contribution in [0.2, 0.25) is 0 Å². The molecule has 8 nitrogen and oxygen atoms in total. The zero-order chi connectivity index (χ0) is 22.0. The van der Waals surface area contributed by atoms with Crippen LogP contribution >= 0.6 is 0 Å². The van der Waals surface area contributed by atoms with Gasteiger partial charge in [0.15, 0.2) is 5.76 Å². The van der Waals surface area contributed by atoms with E-state index < -0.39 is 10.9 Å². The SMILES string of the molecule is COc1ccc(C(=O)Oc2ccc3c(c2)OC(=Cc2cccc([N+](=O)[O-])c2)C3=O)cc1. The molecule has 3 aromatic carbocycles. The molecule has 0 fully saturated rings. The Labute approximate surface area is 176 Å². The van der Waals surface area contributed by atoms with Crippen LogP contribution in [0, 0.1) is 10.1 Å². The third-order valence-corrected chi connectivity index (χ3v) is 4.56. The van der Waals surface area contributed by atoms with Gasteiger partial charge in [0.1, 0.15) is 17.2 Å². The van der Waals surface area contributed by atoms with Gasteiger partial charge in [0.25, 0.3) is 5.69 Å². The molecule has 0 saturated carbocycles. The van der Waals surface area contributed by atoms with E-state index in [-0.39, 0.29) is 28.7 Å². The summed E-state index contributed by atoms with van der Waals surface area (Å²) in [6.07, 6.45) is 1.43. The molecular weight excluding hydrogens is 402 g/mol. The van der Waals surface area contributed by atoms with Gasteiger partial charge in [-0.15, -0.1) is 0 Å². The first-order valence-corrected chi connectivity index (χ1v) is 9.13. The standard InChI is InChI=1S/C23H15NO7/c1-29-17-7-5-15(6-8-17)23(26)30-18-9-10-19-20(13-18)31-21(22(19)25)12-14-3-2-4-16(11-14)24(27)28/h2-13H,1H3. The van der Waals surface area contributed by atoms with Gasteiger partial charge in [-0.1, -0.05) is 12.1 Å². The van der Waals surface area contributed by atoms with E-state index in [1.165, 1.54) is 49.6 Å². The van der Waals surface area contributed by atoms with Crippen molar-refractivity contribution < 1.29 is 28.7 Å². The zero-order valence-corrected chi connectivity index (χ0v) is 16.2. The van der Waals surface area contributed by atoms with Crippen molar-refractivity contribution in [3.05, 3.63) is 99.3 Å². The fourth-order valence-corrected chi connectivity index (χ4v) is 3.00. The molecule has 0 aliphatic carbocycles. The van der Waals surface area contributed by atoms with Gasteiger partial charge in [0, 0.05) is 18.2 Å². The van der Waals surface area contributed by atoms with Crippen molar-refractivity contribution >= 4 is 23.5 Å². The lowest BCUT2D eigenvalue weighted by molar-refractivity contribution is -0.384. The van der Waals surface area contributed by atoms with E-state index in [9.17, 15) is 19.7 Å². The van der Waals surface area contributed by atoms with Gasteiger partial charge in [-0.2, -0.15) is 0 Å². The van der Waals surface area contributed by atoms with Crippen molar-refractivity contribution in [1.82, 2.24) is 0 Å². The molecule has 0 N–H and O–H groups in total. The molecular formula is C23H15NO7. The summed E-state index contributed by atoms with van der Waals surface area (Å²) in [5, 5.41) is 10.9. The van der Waals surface area contributed by atoms with Crippen LogP contribution in [-0.2, 0) is 0 Å². The average Bonchev–Trinajstić information content (AvgIpc) is 3.08. The number of carbonyl (C=O) groups excluding carboxylic acids is 2. The van der Waals surface area contributed by atoms with E-state index in [1.54, 1.807) is 30.3 Å². The topological polar surface area (TPSA) is 105 Å². The van der Waals surface area contributed by atoms with Crippen LogP contribution in [0.15, 0.2) is 72.5 Å². The number of allylic oxidation sites excluding steroid dienone is 1. The number of nitro groups is 1. The monoisotopic (exact) mass is 417 g/mol. The van der Waals surface area contributed by atoms with Crippen LogP contribution in [0.1, 0.15) is 26.3 Å². The summed E-state index contributed by atoms with van der Waals surface area (Å²) < 4.78 is 16.0. The second-order valence-corrected chi connectivity index (χ2v) is 6.57. The first-order valence-electron chi connectivity index (χ1n) is 9.13. The minimum Gasteiger partial charge on any atom is -0.497 e. The Hall–Kier alpha value is -4.46. The molecule has 3 aromatic rings. The number of carbonyl (C=O) groups is 2. The van der Waals surface area contributed by atoms with E-state index in [0.717, 1.165) is 0 Å². The molecule has 154 valence electrons. The normalized spacial score (nSPS) is 13.5. The Bertz CT molecular complexity index is 1230. The highest BCUT2D eigenvalue weighted by Gasteiger charge is 2.28. The zero-order valence-electron chi connectivity index (χ0n) is 16.2. The number of benzene rings is 3. The van der Waals surface area contributed by atoms with Crippen molar-refractivity contribution in [2.75, 3.05) is 7.11 Å². The van der Waals surface area contributed by atoms with Crippen LogP contribution < -0.4 is 14.2 Å². The maximum Gasteiger partial charge on any atom is 0.343 e. The van der Waals surface area contributed by atoms with Crippen LogP contribution in [0.5, 0.6) is 17.2 Å². The number of ketones is 1. The Balaban J connectivity index is 1.53. The van der Waals surface area contributed by atoms with E-state index in [4.69, 9.17) is 14.2 Å². The fraction of sp³-hybridized carbons (Fsp3) is 0.0435. The number of esters is 1. The van der Waals surface area contributed by atoms with Crippen molar-refractivity contribution in [3.8, 4) is 17.2 Å². The number of methoxy groups -OCH3 is 1. The molecule has 0 bridgehead atoms. The fourth-order valence-electron chi connectivity index (χ4n) is 3.00. The smallest absolute Gasteiger partial charge is 0.343 e. The molecule has 1 aliphatic heterocycles. The van der Waals surface area contributed by atoms with Gasteiger partial charge in [-0.05, 0) is 48.0 Å². The lowest BCUT2D eigenvalue weighted by Gasteiger charge is -2.06. The van der Waals surface area contributed by atoms with Gasteiger partial charge in [-0.25, -0.2) is 4.79 Å². The van der Waals surface area contributed by atoms with Crippen molar-refractivity contribution in [1.29, 1.82) is 0 Å². The maximum absolute atomic E-state index is 12.6. The largest absolute Gasteiger partial charge is 0.497 e. The Kier molecular flexibility index (Phi) is 5.19. The molecule has 8 heteroatoms. The molecule has 0 atom stereocenters. The number of Topliss-reactive ketones (excluding diaryl/α,β-unsaturated/α-hetero) is 1. The highest BCUT2D eigenvalue weighted by molar-refractivity contribution is 6.14. The molecule has 0 spiro atoms. The summed E-state index contributed by atoms with van der Waals surface area (Å²) in [7, 11) is 1.53. The highest BCUT2D eigenvalue weighted by Crippen LogP contribution is 2.35. The molecule has 0 aromatic heterocycles. The number of nitro benzene ring substituents is 1. The number of non-ortho nitro benzene ring substituents is 1. The molecule has 0 saturated heterocycles. The summed E-state index contributed by atoms with van der Waals surface area (Å²) in [5.74, 6) is 0.151. The third kappa shape index (κ3) is 4.13. The van der Waals surface area contributed by atoms with E-state index in [0.29, 0.717) is 22.4 Å². The van der Waals surface area contributed by atoms with Gasteiger partial charge >= 0.3 is 5.97 Å². The number of rotatable bonds is 5. The number of fused-ring (bicyclic) bond motifs is 1. The van der Waals surface area contributed by atoms with Gasteiger partial charge in [0.2, 0.25) is 5.78 Å². The van der Waals surface area contributed by atoms with Crippen LogP contribution in [0.25, 0.3) is 6.08 Å². The summed E-state index contributed by atoms with van der Waals surface area (Å²) >= 11 is 0. The summed E-state index contributed by atoms with van der Waals surface area (Å²) in [5.41, 5.74) is 1.01. The van der Waals surface area contributed by atoms with Gasteiger partial charge in [0.05, 0.1) is 23.2 Å². The second-order valence-electron chi connectivity index (χ2n) is 6.57. The molecule has 31 heavy (non-hydrogen) atoms. The van der Waals surface area contributed by atoms with Crippen LogP contribution in [0.3, 0.4) is 0 Å². The number of hydrogen-bond acceptors (Lipinski definition) is 7. The third-order valence-electron chi connectivity index (χ3n) is 4.56. The number of ether oxygens (including phenoxy) is 3. The molecule has 1 heterocycles. The molecule has 4 rings (SSSR count). The van der Waals surface area contributed by atoms with Gasteiger partial charge in [-0.3, -0.25) is 14.9 Å². The van der Waals surface area contributed by atoms with E-state index in [2.05, 4.69) is 0 Å². The molecule has 0 amide bonds. The Morgan fingerprint density at radius 3 is 2.48 bits per heavy atom. The summed E-state index contributed by atoms with van der Waals surface area (Å²) in [4.78, 5) is 35.3. The van der Waals surface area contributed by atoms with Crippen LogP contribution in [0.4, 0.5) is 5.69 Å². The lowest BCUT2D eigenvalue weighted by Crippen LogP contribution is -2.08. The maximum atomic E-state index is 12.6. The Morgan fingerprint density at radius 2 is 1.77 bits per heavy atom. The number of nitrogens with zero attached hydrogens (tertiary/aromatic N) is 1. The first kappa shape index (κ1) is 19.8. The number of hydrogen-bond donors (Lipinski definition) is 0. The Morgan fingerprint density at radius 1 is 1.03 bits per heavy atom. The minimum atomic E-state index is -0.570. The summed E-state index contributed by atoms with van der Waals surface area (Å²) in [6, 6.07) is 16.7. The predicted molar refractivity (Wildman–Crippen MR) is 110 cm³/mol. The quantitative estimate of drug-likeness (QED) is 0.199. The van der Waals surface area contributed by atoms with Crippen molar-refractivity contribution in [3.63, 3.8) is 0 Å². The summed E-state index contributed by atoms with van der Waals surface area (Å²) in [6.45, 7) is 0. The first-order chi connectivity index (χ1) is 14.9. The molecule has 0 radical (unpaired) electrons. The van der Waals surface area contributed by atoms with E-state index in [1.807, 2.05) is 0 Å². The predicted octanol–water partition coefficient (Wildman–Crippen LogP) is 4.44. The lowest BCUT2D eigenvalue weighted by atomic mass is 10.1. The van der Waals surface area contributed by atoms with Crippen LogP contribution in [-0.4, -0.2) is 23.8 Å². The highest BCUT2D eigenvalue weighted by atomic mass is 16.6. The second kappa shape index (κ2) is 8.11. The van der Waals surface area contributed by atoms with Gasteiger partial charge < -0.3 is 14.2 Å². The van der Waals surface area contributed by atoms with Crippen molar-refractivity contribution in [2.45, 2.75) is 0 Å². The molecule has 1 aliphatic rings.